The lowest BCUT2D eigenvalue weighted by Gasteiger charge is -2.36. The third-order valence-electron chi connectivity index (χ3n) is 2.93. The Labute approximate surface area is 83.1 Å². The van der Waals surface area contributed by atoms with E-state index in [1.807, 2.05) is 0 Å². The molecule has 14 heavy (non-hydrogen) atoms. The SMILES string of the molecule is COC(=O)C1CNC2(CCNC2)CO1. The van der Waals surface area contributed by atoms with Gasteiger partial charge in [0.25, 0.3) is 0 Å². The number of carbonyl (C=O) groups is 1. The summed E-state index contributed by atoms with van der Waals surface area (Å²) in [5.41, 5.74) is 0.0462. The van der Waals surface area contributed by atoms with E-state index in [2.05, 4.69) is 15.4 Å². The smallest absolute Gasteiger partial charge is 0.336 e. The molecule has 0 bridgehead atoms. The summed E-state index contributed by atoms with van der Waals surface area (Å²) in [4.78, 5) is 11.2. The van der Waals surface area contributed by atoms with Gasteiger partial charge < -0.3 is 20.1 Å². The minimum atomic E-state index is -0.439. The molecule has 5 nitrogen and oxygen atoms in total. The molecule has 0 aromatic rings. The first kappa shape index (κ1) is 9.89. The van der Waals surface area contributed by atoms with Gasteiger partial charge in [-0.25, -0.2) is 4.79 Å². The summed E-state index contributed by atoms with van der Waals surface area (Å²) in [5, 5.41) is 6.65. The molecule has 80 valence electrons. The van der Waals surface area contributed by atoms with E-state index in [4.69, 9.17) is 4.74 Å². The van der Waals surface area contributed by atoms with Crippen molar-refractivity contribution in [3.8, 4) is 0 Å². The molecule has 0 saturated carbocycles. The van der Waals surface area contributed by atoms with E-state index in [1.54, 1.807) is 0 Å². The molecule has 2 aliphatic rings. The second-order valence-corrected chi connectivity index (χ2v) is 3.91. The van der Waals surface area contributed by atoms with Crippen molar-refractivity contribution in [2.75, 3.05) is 33.4 Å². The lowest BCUT2D eigenvalue weighted by Crippen LogP contribution is -2.59. The fourth-order valence-corrected chi connectivity index (χ4v) is 1.98. The average molecular weight is 200 g/mol. The van der Waals surface area contributed by atoms with Gasteiger partial charge in [0.1, 0.15) is 0 Å². The van der Waals surface area contributed by atoms with Crippen LogP contribution in [0.4, 0.5) is 0 Å². The zero-order valence-electron chi connectivity index (χ0n) is 8.34. The van der Waals surface area contributed by atoms with Crippen LogP contribution in [0.2, 0.25) is 0 Å². The van der Waals surface area contributed by atoms with Gasteiger partial charge in [-0.15, -0.1) is 0 Å². The van der Waals surface area contributed by atoms with Gasteiger partial charge in [-0.05, 0) is 13.0 Å². The van der Waals surface area contributed by atoms with Crippen LogP contribution in [0.25, 0.3) is 0 Å². The highest BCUT2D eigenvalue weighted by Gasteiger charge is 2.40. The van der Waals surface area contributed by atoms with Gasteiger partial charge in [-0.1, -0.05) is 0 Å². The third-order valence-corrected chi connectivity index (χ3v) is 2.93. The van der Waals surface area contributed by atoms with Gasteiger partial charge in [-0.3, -0.25) is 0 Å². The number of nitrogens with one attached hydrogen (secondary N) is 2. The fourth-order valence-electron chi connectivity index (χ4n) is 1.98. The molecular formula is C9H16N2O3. The van der Waals surface area contributed by atoms with Gasteiger partial charge in [0.15, 0.2) is 6.10 Å². The largest absolute Gasteiger partial charge is 0.467 e. The molecule has 0 aromatic heterocycles. The molecule has 1 spiro atoms. The molecule has 2 aliphatic heterocycles. The Balaban J connectivity index is 1.88. The van der Waals surface area contributed by atoms with Crippen LogP contribution < -0.4 is 10.6 Å². The summed E-state index contributed by atoms with van der Waals surface area (Å²) in [6, 6.07) is 0. The summed E-state index contributed by atoms with van der Waals surface area (Å²) < 4.78 is 10.1. The predicted molar refractivity (Wildman–Crippen MR) is 50.0 cm³/mol. The molecule has 2 rings (SSSR count). The van der Waals surface area contributed by atoms with E-state index < -0.39 is 6.10 Å². The zero-order chi connectivity index (χ0) is 10.0. The molecule has 2 N–H and O–H groups in total. The van der Waals surface area contributed by atoms with Crippen molar-refractivity contribution in [3.63, 3.8) is 0 Å². The highest BCUT2D eigenvalue weighted by Crippen LogP contribution is 2.19. The summed E-state index contributed by atoms with van der Waals surface area (Å²) in [6.07, 6.45) is 0.618. The maximum atomic E-state index is 11.2. The maximum absolute atomic E-state index is 11.2. The third kappa shape index (κ3) is 1.75. The molecule has 0 amide bonds. The van der Waals surface area contributed by atoms with Gasteiger partial charge in [0, 0.05) is 13.1 Å². The number of methoxy groups -OCH3 is 1. The molecule has 2 heterocycles. The maximum Gasteiger partial charge on any atom is 0.336 e. The molecule has 0 radical (unpaired) electrons. The lowest BCUT2D eigenvalue weighted by molar-refractivity contribution is -0.158. The van der Waals surface area contributed by atoms with Gasteiger partial charge in [0.2, 0.25) is 0 Å². The normalized spacial score (nSPS) is 37.4. The number of hydrogen-bond acceptors (Lipinski definition) is 5. The first-order valence-corrected chi connectivity index (χ1v) is 4.91. The van der Waals surface area contributed by atoms with E-state index in [0.29, 0.717) is 13.2 Å². The Kier molecular flexibility index (Phi) is 2.71. The van der Waals surface area contributed by atoms with Crippen molar-refractivity contribution in [1.82, 2.24) is 10.6 Å². The Hall–Kier alpha value is -0.650. The number of morpholine rings is 1. The van der Waals surface area contributed by atoms with Crippen LogP contribution in [0.3, 0.4) is 0 Å². The van der Waals surface area contributed by atoms with E-state index in [9.17, 15) is 4.79 Å². The Morgan fingerprint density at radius 3 is 3.00 bits per heavy atom. The molecule has 2 atom stereocenters. The predicted octanol–water partition coefficient (Wildman–Crippen LogP) is -1.12. The number of ether oxygens (including phenoxy) is 2. The first-order chi connectivity index (χ1) is 6.76. The Morgan fingerprint density at radius 2 is 2.50 bits per heavy atom. The highest BCUT2D eigenvalue weighted by atomic mass is 16.6. The van der Waals surface area contributed by atoms with Crippen LogP contribution >= 0.6 is 0 Å². The van der Waals surface area contributed by atoms with Gasteiger partial charge in [0.05, 0.1) is 19.3 Å². The molecule has 5 heteroatoms. The Bertz CT molecular complexity index is 216. The number of hydrogen-bond donors (Lipinski definition) is 2. The molecule has 2 fully saturated rings. The van der Waals surface area contributed by atoms with E-state index >= 15 is 0 Å². The van der Waals surface area contributed by atoms with Gasteiger partial charge >= 0.3 is 5.97 Å². The number of carbonyl (C=O) groups excluding carboxylic acids is 1. The second-order valence-electron chi connectivity index (χ2n) is 3.91. The first-order valence-electron chi connectivity index (χ1n) is 4.91. The van der Waals surface area contributed by atoms with E-state index in [-0.39, 0.29) is 11.5 Å². The monoisotopic (exact) mass is 200 g/mol. The number of rotatable bonds is 1. The van der Waals surface area contributed by atoms with Crippen LogP contribution in [-0.4, -0.2) is 51.0 Å². The van der Waals surface area contributed by atoms with Crippen LogP contribution in [0.5, 0.6) is 0 Å². The quantitative estimate of drug-likeness (QED) is 0.525. The van der Waals surface area contributed by atoms with Crippen LogP contribution in [0, 0.1) is 0 Å². The zero-order valence-corrected chi connectivity index (χ0v) is 8.34. The van der Waals surface area contributed by atoms with Crippen molar-refractivity contribution in [3.05, 3.63) is 0 Å². The van der Waals surface area contributed by atoms with Crippen LogP contribution in [-0.2, 0) is 14.3 Å². The molecular weight excluding hydrogens is 184 g/mol. The summed E-state index contributed by atoms with van der Waals surface area (Å²) in [6.45, 7) is 3.06. The van der Waals surface area contributed by atoms with Crippen molar-refractivity contribution in [2.45, 2.75) is 18.1 Å². The minimum Gasteiger partial charge on any atom is -0.467 e. The van der Waals surface area contributed by atoms with Crippen molar-refractivity contribution < 1.29 is 14.3 Å². The molecule has 2 saturated heterocycles. The summed E-state index contributed by atoms with van der Waals surface area (Å²) in [5.74, 6) is -0.293. The Morgan fingerprint density at radius 1 is 1.64 bits per heavy atom. The summed E-state index contributed by atoms with van der Waals surface area (Å²) >= 11 is 0. The van der Waals surface area contributed by atoms with Crippen molar-refractivity contribution in [2.24, 2.45) is 0 Å². The van der Waals surface area contributed by atoms with Gasteiger partial charge in [-0.2, -0.15) is 0 Å². The molecule has 2 unspecified atom stereocenters. The standard InChI is InChI=1S/C9H16N2O3/c1-13-8(12)7-4-11-9(6-14-7)2-3-10-5-9/h7,10-11H,2-6H2,1H3. The summed E-state index contributed by atoms with van der Waals surface area (Å²) in [7, 11) is 1.38. The molecule has 0 aliphatic carbocycles. The van der Waals surface area contributed by atoms with E-state index in [1.165, 1.54) is 7.11 Å². The lowest BCUT2D eigenvalue weighted by atomic mass is 9.98. The minimum absolute atomic E-state index is 0.0462. The van der Waals surface area contributed by atoms with E-state index in [0.717, 1.165) is 19.5 Å². The average Bonchev–Trinajstić information content (AvgIpc) is 2.67. The molecule has 0 aromatic carbocycles. The second kappa shape index (κ2) is 3.84. The van der Waals surface area contributed by atoms with Crippen LogP contribution in [0.15, 0.2) is 0 Å². The van der Waals surface area contributed by atoms with Crippen molar-refractivity contribution >= 4 is 5.97 Å². The fraction of sp³-hybridized carbons (Fsp3) is 0.889. The van der Waals surface area contributed by atoms with Crippen LogP contribution in [0.1, 0.15) is 6.42 Å². The highest BCUT2D eigenvalue weighted by molar-refractivity contribution is 5.75. The number of esters is 1. The van der Waals surface area contributed by atoms with Crippen molar-refractivity contribution in [1.29, 1.82) is 0 Å². The topological polar surface area (TPSA) is 59.6 Å².